The maximum absolute atomic E-state index is 4.64. The lowest BCUT2D eigenvalue weighted by molar-refractivity contribution is 0.563. The Kier molecular flexibility index (Phi) is 14.9. The number of unbranched alkanes of at least 4 members (excludes halogenated alkanes) is 9. The molecule has 0 saturated heterocycles. The Morgan fingerprint density at radius 2 is 1.27 bits per heavy atom. The van der Waals surface area contributed by atoms with Crippen LogP contribution >= 0.6 is 24.0 Å². The van der Waals surface area contributed by atoms with E-state index in [1.165, 1.54) is 70.0 Å². The second kappa shape index (κ2) is 14.4. The number of hydrogen-bond acceptors (Lipinski definition) is 2. The first-order chi connectivity index (χ1) is 7.41. The molecule has 0 aromatic carbocycles. The molecule has 0 aliphatic rings. The Morgan fingerprint density at radius 1 is 0.800 bits per heavy atom. The van der Waals surface area contributed by atoms with E-state index in [1.54, 1.807) is 11.8 Å². The van der Waals surface area contributed by atoms with Crippen LogP contribution in [0, 0.1) is 0 Å². The van der Waals surface area contributed by atoms with Crippen molar-refractivity contribution < 1.29 is 0 Å². The van der Waals surface area contributed by atoms with Gasteiger partial charge in [0.15, 0.2) is 0 Å². The summed E-state index contributed by atoms with van der Waals surface area (Å²) in [6, 6.07) is 0. The summed E-state index contributed by atoms with van der Waals surface area (Å²) in [5, 5.41) is 0. The minimum absolute atomic E-state index is 1.17. The third kappa shape index (κ3) is 14.4. The van der Waals surface area contributed by atoms with Gasteiger partial charge in [0.1, 0.15) is 0 Å². The zero-order valence-electron chi connectivity index (χ0n) is 10.1. The molecule has 0 heterocycles. The van der Waals surface area contributed by atoms with Crippen molar-refractivity contribution in [3.8, 4) is 0 Å². The Bertz CT molecular complexity index is 124. The maximum atomic E-state index is 4.64. The quantitative estimate of drug-likeness (QED) is 0.330. The van der Waals surface area contributed by atoms with Gasteiger partial charge in [-0.05, 0) is 12.2 Å². The minimum atomic E-state index is 1.17. The second-order valence-corrected chi connectivity index (χ2v) is 5.48. The van der Waals surface area contributed by atoms with Crippen LogP contribution in [-0.2, 0) is 0 Å². The van der Waals surface area contributed by atoms with E-state index < -0.39 is 0 Å². The number of thioether (sulfide) groups is 1. The molecule has 0 bridgehead atoms. The predicted molar refractivity (Wildman–Crippen MR) is 76.9 cm³/mol. The number of rotatable bonds is 12. The summed E-state index contributed by atoms with van der Waals surface area (Å²) < 4.78 is 2.70. The molecule has 2 heteroatoms. The number of thiocarbonyl (C=S) groups is 1. The van der Waals surface area contributed by atoms with E-state index in [-0.39, 0.29) is 0 Å². The van der Waals surface area contributed by atoms with Gasteiger partial charge in [0.2, 0.25) is 0 Å². The van der Waals surface area contributed by atoms with Crippen molar-refractivity contribution in [2.75, 3.05) is 5.75 Å². The van der Waals surface area contributed by atoms with Gasteiger partial charge in [-0.15, -0.1) is 11.8 Å². The first-order valence-corrected chi connectivity index (χ1v) is 7.80. The van der Waals surface area contributed by atoms with Crippen molar-refractivity contribution in [1.29, 1.82) is 0 Å². The molecule has 0 aromatic rings. The lowest BCUT2D eigenvalue weighted by Gasteiger charge is -2.01. The SMILES string of the molecule is CCCCCCCCCCCCS[C]=S. The fourth-order valence-electron chi connectivity index (χ4n) is 1.70. The fourth-order valence-corrected chi connectivity index (χ4v) is 2.39. The van der Waals surface area contributed by atoms with Gasteiger partial charge in [0.25, 0.3) is 0 Å². The van der Waals surface area contributed by atoms with Crippen LogP contribution in [0.2, 0.25) is 0 Å². The molecule has 89 valence electrons. The third-order valence-electron chi connectivity index (χ3n) is 2.66. The molecule has 0 aromatic heterocycles. The van der Waals surface area contributed by atoms with Crippen molar-refractivity contribution >= 4 is 28.7 Å². The van der Waals surface area contributed by atoms with Gasteiger partial charge < -0.3 is 0 Å². The molecule has 0 rings (SSSR count). The standard InChI is InChI=1S/C13H25S2/c1-2-3-4-5-6-7-8-9-10-11-12-15-13-14/h2-12H2,1H3. The zero-order chi connectivity index (χ0) is 11.2. The smallest absolute Gasteiger partial charge is 0.0951 e. The zero-order valence-corrected chi connectivity index (χ0v) is 11.7. The average molecular weight is 245 g/mol. The summed E-state index contributed by atoms with van der Waals surface area (Å²) in [7, 11) is 0. The van der Waals surface area contributed by atoms with Crippen molar-refractivity contribution in [3.63, 3.8) is 0 Å². The average Bonchev–Trinajstić information content (AvgIpc) is 2.26. The van der Waals surface area contributed by atoms with E-state index in [0.717, 1.165) is 0 Å². The second-order valence-electron chi connectivity index (χ2n) is 4.11. The topological polar surface area (TPSA) is 0 Å². The summed E-state index contributed by atoms with van der Waals surface area (Å²) in [6.45, 7) is 2.27. The molecule has 0 aliphatic heterocycles. The molecule has 0 N–H and O–H groups in total. The van der Waals surface area contributed by atoms with Crippen LogP contribution in [0.5, 0.6) is 0 Å². The van der Waals surface area contributed by atoms with Crippen LogP contribution < -0.4 is 0 Å². The van der Waals surface area contributed by atoms with Crippen LogP contribution in [0.25, 0.3) is 0 Å². The van der Waals surface area contributed by atoms with E-state index in [9.17, 15) is 0 Å². The van der Waals surface area contributed by atoms with E-state index in [0.29, 0.717) is 0 Å². The first kappa shape index (κ1) is 15.4. The molecule has 0 unspecified atom stereocenters. The van der Waals surface area contributed by atoms with Crippen LogP contribution in [0.3, 0.4) is 0 Å². The summed E-state index contributed by atoms with van der Waals surface area (Å²) >= 11 is 6.29. The predicted octanol–water partition coefficient (Wildman–Crippen LogP) is 5.47. The van der Waals surface area contributed by atoms with Gasteiger partial charge >= 0.3 is 0 Å². The van der Waals surface area contributed by atoms with Gasteiger partial charge in [-0.25, -0.2) is 0 Å². The lowest BCUT2D eigenvalue weighted by Crippen LogP contribution is -1.83. The van der Waals surface area contributed by atoms with E-state index >= 15 is 0 Å². The largest absolute Gasteiger partial charge is 0.113 e. The molecule has 0 aliphatic carbocycles. The highest BCUT2D eigenvalue weighted by Gasteiger charge is 1.92. The Labute approximate surface area is 106 Å². The van der Waals surface area contributed by atoms with Crippen molar-refractivity contribution in [1.82, 2.24) is 0 Å². The highest BCUT2D eigenvalue weighted by atomic mass is 32.2. The van der Waals surface area contributed by atoms with Gasteiger partial charge in [-0.1, -0.05) is 76.9 Å². The minimum Gasteiger partial charge on any atom is -0.113 e. The molecule has 0 spiro atoms. The van der Waals surface area contributed by atoms with Crippen LogP contribution in [0.15, 0.2) is 0 Å². The molecular weight excluding hydrogens is 220 g/mol. The highest BCUT2D eigenvalue weighted by Crippen LogP contribution is 2.11. The van der Waals surface area contributed by atoms with Crippen molar-refractivity contribution in [2.24, 2.45) is 0 Å². The Hall–Kier alpha value is 0.440. The first-order valence-electron chi connectivity index (χ1n) is 6.40. The van der Waals surface area contributed by atoms with Crippen LogP contribution in [0.4, 0.5) is 0 Å². The molecule has 1 radical (unpaired) electrons. The normalized spacial score (nSPS) is 10.5. The van der Waals surface area contributed by atoms with Crippen LogP contribution in [0.1, 0.15) is 71.1 Å². The summed E-state index contributed by atoms with van der Waals surface area (Å²) in [5.41, 5.74) is 0. The fraction of sp³-hybridized carbons (Fsp3) is 0.923. The molecule has 0 saturated carbocycles. The van der Waals surface area contributed by atoms with Gasteiger partial charge in [0, 0.05) is 0 Å². The maximum Gasteiger partial charge on any atom is 0.0951 e. The summed E-state index contributed by atoms with van der Waals surface area (Å²) in [5.74, 6) is 1.17. The third-order valence-corrected chi connectivity index (χ3v) is 3.62. The molecule has 0 amide bonds. The molecular formula is C13H25S2. The van der Waals surface area contributed by atoms with Gasteiger partial charge in [-0.2, -0.15) is 0 Å². The monoisotopic (exact) mass is 245 g/mol. The lowest BCUT2D eigenvalue weighted by atomic mass is 10.1. The van der Waals surface area contributed by atoms with Crippen molar-refractivity contribution in [3.05, 3.63) is 0 Å². The number of hydrogen-bond donors (Lipinski definition) is 0. The van der Waals surface area contributed by atoms with Gasteiger partial charge in [0.05, 0.1) is 4.70 Å². The highest BCUT2D eigenvalue weighted by molar-refractivity contribution is 8.20. The molecule has 0 nitrogen and oxygen atoms in total. The van der Waals surface area contributed by atoms with E-state index in [4.69, 9.17) is 0 Å². The van der Waals surface area contributed by atoms with Crippen LogP contribution in [-0.4, -0.2) is 10.5 Å². The summed E-state index contributed by atoms with van der Waals surface area (Å²) in [4.78, 5) is 0. The van der Waals surface area contributed by atoms with E-state index in [1.807, 2.05) is 0 Å². The molecule has 0 fully saturated rings. The Morgan fingerprint density at radius 3 is 1.73 bits per heavy atom. The summed E-state index contributed by atoms with van der Waals surface area (Å²) in [6.07, 6.45) is 14.1. The molecule has 0 atom stereocenters. The molecule has 15 heavy (non-hydrogen) atoms. The van der Waals surface area contributed by atoms with E-state index in [2.05, 4.69) is 23.8 Å². The Balaban J connectivity index is 2.83. The van der Waals surface area contributed by atoms with Gasteiger partial charge in [-0.3, -0.25) is 0 Å². The van der Waals surface area contributed by atoms with Crippen molar-refractivity contribution in [2.45, 2.75) is 71.1 Å².